The molecule has 1 heterocycles. The second-order valence-electron chi connectivity index (χ2n) is 5.86. The van der Waals surface area contributed by atoms with Crippen LogP contribution in [0.5, 0.6) is 5.75 Å². The highest BCUT2D eigenvalue weighted by atomic mass is 16.5. The van der Waals surface area contributed by atoms with Crippen molar-refractivity contribution in [2.24, 2.45) is 5.92 Å². The molecule has 2 heteroatoms. The van der Waals surface area contributed by atoms with Crippen LogP contribution in [0.4, 0.5) is 5.69 Å². The lowest BCUT2D eigenvalue weighted by Crippen LogP contribution is -2.29. The van der Waals surface area contributed by atoms with Crippen LogP contribution < -0.4 is 10.1 Å². The fourth-order valence-corrected chi connectivity index (χ4v) is 3.26. The average molecular weight is 231 g/mol. The standard InChI is InChI=1S/C15H21NO/c1-11-6-8-15(2,10-11)17-14-5-3-4-13-12(14)7-9-16-13/h3-5,11,16H,6-10H2,1-2H3. The zero-order valence-electron chi connectivity index (χ0n) is 10.8. The Hall–Kier alpha value is -1.18. The highest BCUT2D eigenvalue weighted by Gasteiger charge is 2.35. The summed E-state index contributed by atoms with van der Waals surface area (Å²) in [6.07, 6.45) is 4.76. The van der Waals surface area contributed by atoms with E-state index < -0.39 is 0 Å². The molecule has 0 spiro atoms. The minimum atomic E-state index is 0.0527. The van der Waals surface area contributed by atoms with Crippen LogP contribution in [0.1, 0.15) is 38.7 Å². The van der Waals surface area contributed by atoms with Gasteiger partial charge in [0.25, 0.3) is 0 Å². The van der Waals surface area contributed by atoms with Gasteiger partial charge in [0.15, 0.2) is 0 Å². The second-order valence-corrected chi connectivity index (χ2v) is 5.86. The Morgan fingerprint density at radius 3 is 3.06 bits per heavy atom. The largest absolute Gasteiger partial charge is 0.487 e. The van der Waals surface area contributed by atoms with Crippen molar-refractivity contribution in [3.05, 3.63) is 23.8 Å². The summed E-state index contributed by atoms with van der Waals surface area (Å²) in [6, 6.07) is 6.36. The van der Waals surface area contributed by atoms with Gasteiger partial charge in [0, 0.05) is 17.8 Å². The SMILES string of the molecule is CC1CCC(C)(Oc2cccc3c2CCN3)C1. The maximum atomic E-state index is 6.34. The number of ether oxygens (including phenoxy) is 1. The van der Waals surface area contributed by atoms with Crippen molar-refractivity contribution >= 4 is 5.69 Å². The fraction of sp³-hybridized carbons (Fsp3) is 0.600. The van der Waals surface area contributed by atoms with Gasteiger partial charge >= 0.3 is 0 Å². The molecule has 92 valence electrons. The maximum Gasteiger partial charge on any atom is 0.125 e. The lowest BCUT2D eigenvalue weighted by Gasteiger charge is -2.27. The van der Waals surface area contributed by atoms with Crippen LogP contribution in [0.25, 0.3) is 0 Å². The number of hydrogen-bond acceptors (Lipinski definition) is 2. The fourth-order valence-electron chi connectivity index (χ4n) is 3.26. The molecule has 2 atom stereocenters. The van der Waals surface area contributed by atoms with E-state index in [1.165, 1.54) is 30.5 Å². The van der Waals surface area contributed by atoms with Crippen LogP contribution in [0.3, 0.4) is 0 Å². The summed E-state index contributed by atoms with van der Waals surface area (Å²) in [4.78, 5) is 0. The molecule has 0 radical (unpaired) electrons. The third kappa shape index (κ3) is 2.01. The number of anilines is 1. The van der Waals surface area contributed by atoms with E-state index in [1.54, 1.807) is 0 Å². The quantitative estimate of drug-likeness (QED) is 0.839. The number of fused-ring (bicyclic) bond motifs is 1. The third-order valence-electron chi connectivity index (χ3n) is 4.13. The topological polar surface area (TPSA) is 21.3 Å². The second kappa shape index (κ2) is 3.94. The van der Waals surface area contributed by atoms with Gasteiger partial charge in [0.05, 0.1) is 0 Å². The van der Waals surface area contributed by atoms with E-state index in [9.17, 15) is 0 Å². The van der Waals surface area contributed by atoms with E-state index in [-0.39, 0.29) is 5.60 Å². The Morgan fingerprint density at radius 2 is 2.29 bits per heavy atom. The van der Waals surface area contributed by atoms with Crippen LogP contribution in [0, 0.1) is 5.92 Å². The molecule has 3 rings (SSSR count). The molecule has 1 aliphatic heterocycles. The Morgan fingerprint density at radius 1 is 1.41 bits per heavy atom. The lowest BCUT2D eigenvalue weighted by molar-refractivity contribution is 0.0919. The smallest absolute Gasteiger partial charge is 0.125 e. The normalized spacial score (nSPS) is 31.1. The molecule has 2 aliphatic rings. The van der Waals surface area contributed by atoms with Crippen molar-refractivity contribution in [3.63, 3.8) is 0 Å². The van der Waals surface area contributed by atoms with Gasteiger partial charge in [-0.25, -0.2) is 0 Å². The van der Waals surface area contributed by atoms with E-state index in [0.29, 0.717) is 0 Å². The first kappa shape index (κ1) is 10.9. The van der Waals surface area contributed by atoms with E-state index in [1.807, 2.05) is 0 Å². The molecular formula is C15H21NO. The first-order chi connectivity index (χ1) is 8.16. The molecule has 1 N–H and O–H groups in total. The number of hydrogen-bond donors (Lipinski definition) is 1. The van der Waals surface area contributed by atoms with Crippen molar-refractivity contribution in [3.8, 4) is 5.75 Å². The summed E-state index contributed by atoms with van der Waals surface area (Å²) < 4.78 is 6.34. The van der Waals surface area contributed by atoms with Gasteiger partial charge in [-0.15, -0.1) is 0 Å². The van der Waals surface area contributed by atoms with Crippen molar-refractivity contribution in [1.29, 1.82) is 0 Å². The van der Waals surface area contributed by atoms with Crippen LogP contribution in [-0.4, -0.2) is 12.1 Å². The van der Waals surface area contributed by atoms with Gasteiger partial charge in [-0.3, -0.25) is 0 Å². The molecule has 1 aliphatic carbocycles. The molecule has 1 fully saturated rings. The third-order valence-corrected chi connectivity index (χ3v) is 4.13. The Bertz CT molecular complexity index is 429. The Labute approximate surface area is 103 Å². The lowest BCUT2D eigenvalue weighted by atomic mass is 10.0. The number of nitrogens with one attached hydrogen (secondary N) is 1. The van der Waals surface area contributed by atoms with Gasteiger partial charge in [-0.05, 0) is 50.7 Å². The summed E-state index contributed by atoms with van der Waals surface area (Å²) in [7, 11) is 0. The minimum absolute atomic E-state index is 0.0527. The first-order valence-electron chi connectivity index (χ1n) is 6.71. The first-order valence-corrected chi connectivity index (χ1v) is 6.71. The van der Waals surface area contributed by atoms with Crippen molar-refractivity contribution in [1.82, 2.24) is 0 Å². The van der Waals surface area contributed by atoms with Crippen LogP contribution in [0.15, 0.2) is 18.2 Å². The number of benzene rings is 1. The molecule has 0 bridgehead atoms. The van der Waals surface area contributed by atoms with Gasteiger partial charge in [-0.2, -0.15) is 0 Å². The summed E-state index contributed by atoms with van der Waals surface area (Å²) in [5.41, 5.74) is 2.68. The van der Waals surface area contributed by atoms with E-state index >= 15 is 0 Å². The summed E-state index contributed by atoms with van der Waals surface area (Å²) in [5.74, 6) is 1.90. The predicted octanol–water partition coefficient (Wildman–Crippen LogP) is 3.61. The molecule has 2 unspecified atom stereocenters. The monoisotopic (exact) mass is 231 g/mol. The highest BCUT2D eigenvalue weighted by molar-refractivity contribution is 5.61. The number of rotatable bonds is 2. The molecule has 0 saturated heterocycles. The molecule has 0 amide bonds. The Kier molecular flexibility index (Phi) is 2.53. The average Bonchev–Trinajstić information content (AvgIpc) is 2.86. The summed E-state index contributed by atoms with van der Waals surface area (Å²) in [6.45, 7) is 5.63. The Balaban J connectivity index is 1.84. The molecule has 17 heavy (non-hydrogen) atoms. The van der Waals surface area contributed by atoms with Crippen LogP contribution in [-0.2, 0) is 6.42 Å². The predicted molar refractivity (Wildman–Crippen MR) is 70.7 cm³/mol. The van der Waals surface area contributed by atoms with Crippen LogP contribution >= 0.6 is 0 Å². The van der Waals surface area contributed by atoms with Crippen molar-refractivity contribution in [2.75, 3.05) is 11.9 Å². The van der Waals surface area contributed by atoms with Gasteiger partial charge < -0.3 is 10.1 Å². The van der Waals surface area contributed by atoms with Crippen molar-refractivity contribution in [2.45, 2.75) is 45.1 Å². The van der Waals surface area contributed by atoms with E-state index in [4.69, 9.17) is 4.74 Å². The minimum Gasteiger partial charge on any atom is -0.487 e. The molecular weight excluding hydrogens is 210 g/mol. The van der Waals surface area contributed by atoms with Gasteiger partial charge in [-0.1, -0.05) is 13.0 Å². The zero-order valence-corrected chi connectivity index (χ0v) is 10.8. The molecule has 1 aromatic rings. The molecule has 1 aromatic carbocycles. The van der Waals surface area contributed by atoms with Crippen molar-refractivity contribution < 1.29 is 4.74 Å². The molecule has 0 aromatic heterocycles. The van der Waals surface area contributed by atoms with Crippen LogP contribution in [0.2, 0.25) is 0 Å². The van der Waals surface area contributed by atoms with Gasteiger partial charge in [0.1, 0.15) is 11.4 Å². The summed E-state index contributed by atoms with van der Waals surface area (Å²) in [5, 5.41) is 3.41. The van der Waals surface area contributed by atoms with E-state index in [2.05, 4.69) is 37.4 Å². The summed E-state index contributed by atoms with van der Waals surface area (Å²) >= 11 is 0. The van der Waals surface area contributed by atoms with Gasteiger partial charge in [0.2, 0.25) is 0 Å². The molecule has 2 nitrogen and oxygen atoms in total. The molecule has 1 saturated carbocycles. The highest BCUT2D eigenvalue weighted by Crippen LogP contribution is 2.40. The zero-order chi connectivity index (χ0) is 11.9. The maximum absolute atomic E-state index is 6.34. The van der Waals surface area contributed by atoms with E-state index in [0.717, 1.165) is 24.6 Å².